The predicted molar refractivity (Wildman–Crippen MR) is 63.8 cm³/mol. The number of halogens is 2. The van der Waals surface area contributed by atoms with Crippen molar-refractivity contribution >= 4 is 0 Å². The van der Waals surface area contributed by atoms with Crippen molar-refractivity contribution < 1.29 is 13.9 Å². The van der Waals surface area contributed by atoms with Gasteiger partial charge in [0.25, 0.3) is 0 Å². The lowest BCUT2D eigenvalue weighted by Crippen LogP contribution is -2.31. The Bertz CT molecular complexity index is 335. The molecule has 1 atom stereocenters. The Hall–Kier alpha value is -1.00. The van der Waals surface area contributed by atoms with Crippen LogP contribution in [0, 0.1) is 17.6 Å². The van der Waals surface area contributed by atoms with Gasteiger partial charge < -0.3 is 10.4 Å². The van der Waals surface area contributed by atoms with Crippen LogP contribution in [-0.4, -0.2) is 24.3 Å². The van der Waals surface area contributed by atoms with Crippen LogP contribution in [0.1, 0.15) is 19.4 Å². The normalized spacial score (nSPS) is 13.1. The van der Waals surface area contributed by atoms with E-state index in [1.165, 1.54) is 12.1 Å². The molecule has 0 aliphatic carbocycles. The molecule has 2 nitrogen and oxygen atoms in total. The molecule has 96 valence electrons. The second kappa shape index (κ2) is 6.67. The molecule has 0 spiro atoms. The minimum absolute atomic E-state index is 0.203. The molecule has 0 aliphatic rings. The highest BCUT2D eigenvalue weighted by Gasteiger charge is 2.07. The smallest absolute Gasteiger partial charge is 0.126 e. The molecule has 1 aromatic rings. The maximum absolute atomic E-state index is 12.9. The van der Waals surface area contributed by atoms with Gasteiger partial charge in [0.15, 0.2) is 0 Å². The molecule has 0 amide bonds. The number of benzene rings is 1. The largest absolute Gasteiger partial charge is 0.392 e. The first-order chi connectivity index (χ1) is 7.99. The molecule has 0 saturated carbocycles. The Morgan fingerprint density at radius 3 is 2.29 bits per heavy atom. The molecule has 17 heavy (non-hydrogen) atoms. The highest BCUT2D eigenvalue weighted by molar-refractivity contribution is 5.18. The van der Waals surface area contributed by atoms with E-state index in [1.807, 2.05) is 13.8 Å². The molecule has 4 heteroatoms. The molecule has 1 rings (SSSR count). The van der Waals surface area contributed by atoms with E-state index in [4.69, 9.17) is 0 Å². The SMILES string of the molecule is CC(C)C(O)CNCCc1cc(F)cc(F)c1. The quantitative estimate of drug-likeness (QED) is 0.750. The second-order valence-corrected chi connectivity index (χ2v) is 4.54. The molecule has 0 heterocycles. The molecule has 0 fully saturated rings. The molecule has 1 unspecified atom stereocenters. The minimum atomic E-state index is -0.554. The minimum Gasteiger partial charge on any atom is -0.392 e. The Balaban J connectivity index is 2.31. The van der Waals surface area contributed by atoms with Crippen molar-refractivity contribution in [2.45, 2.75) is 26.4 Å². The van der Waals surface area contributed by atoms with Crippen molar-refractivity contribution in [3.63, 3.8) is 0 Å². The summed E-state index contributed by atoms with van der Waals surface area (Å²) < 4.78 is 25.7. The Morgan fingerprint density at radius 2 is 1.76 bits per heavy atom. The van der Waals surface area contributed by atoms with Gasteiger partial charge in [-0.05, 0) is 36.6 Å². The molecule has 0 radical (unpaired) electrons. The van der Waals surface area contributed by atoms with Crippen LogP contribution in [0.15, 0.2) is 18.2 Å². The Labute approximate surface area is 101 Å². The van der Waals surface area contributed by atoms with Crippen LogP contribution in [0.3, 0.4) is 0 Å². The van der Waals surface area contributed by atoms with Crippen molar-refractivity contribution in [3.05, 3.63) is 35.4 Å². The van der Waals surface area contributed by atoms with Crippen LogP contribution in [0.2, 0.25) is 0 Å². The molecule has 0 bridgehead atoms. The molecular formula is C13H19F2NO. The zero-order valence-corrected chi connectivity index (χ0v) is 10.2. The maximum Gasteiger partial charge on any atom is 0.126 e. The van der Waals surface area contributed by atoms with Crippen molar-refractivity contribution in [2.75, 3.05) is 13.1 Å². The fraction of sp³-hybridized carbons (Fsp3) is 0.538. The molecule has 2 N–H and O–H groups in total. The standard InChI is InChI=1S/C13H19F2NO/c1-9(2)13(17)8-16-4-3-10-5-11(14)7-12(15)6-10/h5-7,9,13,16-17H,3-4,8H2,1-2H3. The number of aliphatic hydroxyl groups excluding tert-OH is 1. The van der Waals surface area contributed by atoms with Crippen molar-refractivity contribution in [1.82, 2.24) is 5.32 Å². The van der Waals surface area contributed by atoms with Crippen molar-refractivity contribution in [2.24, 2.45) is 5.92 Å². The first-order valence-corrected chi connectivity index (χ1v) is 5.83. The highest BCUT2D eigenvalue weighted by Crippen LogP contribution is 2.08. The van der Waals surface area contributed by atoms with Crippen LogP contribution >= 0.6 is 0 Å². The lowest BCUT2D eigenvalue weighted by Gasteiger charge is -2.14. The summed E-state index contributed by atoms with van der Waals surface area (Å²) in [6.07, 6.45) is 0.152. The average Bonchev–Trinajstić information content (AvgIpc) is 2.22. The molecule has 0 aromatic heterocycles. The van der Waals surface area contributed by atoms with Gasteiger partial charge in [-0.3, -0.25) is 0 Å². The van der Waals surface area contributed by atoms with Gasteiger partial charge in [0.1, 0.15) is 11.6 Å². The van der Waals surface area contributed by atoms with E-state index in [9.17, 15) is 13.9 Å². The predicted octanol–water partition coefficient (Wildman–Crippen LogP) is 2.11. The number of hydrogen-bond acceptors (Lipinski definition) is 2. The van der Waals surface area contributed by atoms with Gasteiger partial charge in [-0.1, -0.05) is 13.8 Å². The van der Waals surface area contributed by atoms with Gasteiger partial charge in [-0.25, -0.2) is 8.78 Å². The summed E-state index contributed by atoms with van der Waals surface area (Å²) in [5.41, 5.74) is 0.619. The molecular weight excluding hydrogens is 224 g/mol. The zero-order chi connectivity index (χ0) is 12.8. The average molecular weight is 243 g/mol. The van der Waals surface area contributed by atoms with E-state index in [2.05, 4.69) is 5.32 Å². The highest BCUT2D eigenvalue weighted by atomic mass is 19.1. The topological polar surface area (TPSA) is 32.3 Å². The summed E-state index contributed by atoms with van der Waals surface area (Å²) >= 11 is 0. The second-order valence-electron chi connectivity index (χ2n) is 4.54. The van der Waals surface area contributed by atoms with Crippen LogP contribution in [0.25, 0.3) is 0 Å². The lowest BCUT2D eigenvalue weighted by molar-refractivity contribution is 0.124. The number of aliphatic hydroxyl groups is 1. The summed E-state index contributed by atoms with van der Waals surface area (Å²) in [6, 6.07) is 3.51. The van der Waals surface area contributed by atoms with Gasteiger partial charge in [0.05, 0.1) is 6.10 Å². The van der Waals surface area contributed by atoms with E-state index in [0.717, 1.165) is 6.07 Å². The van der Waals surface area contributed by atoms with E-state index in [0.29, 0.717) is 25.1 Å². The Morgan fingerprint density at radius 1 is 1.18 bits per heavy atom. The maximum atomic E-state index is 12.9. The molecule has 0 aliphatic heterocycles. The summed E-state index contributed by atoms with van der Waals surface area (Å²) in [5, 5.41) is 12.6. The fourth-order valence-corrected chi connectivity index (χ4v) is 1.47. The van der Waals surface area contributed by atoms with Gasteiger partial charge in [-0.2, -0.15) is 0 Å². The summed E-state index contributed by atoms with van der Waals surface area (Å²) in [6.45, 7) is 4.96. The van der Waals surface area contributed by atoms with Gasteiger partial charge in [0.2, 0.25) is 0 Å². The summed E-state index contributed by atoms with van der Waals surface area (Å²) in [4.78, 5) is 0. The van der Waals surface area contributed by atoms with Crippen LogP contribution in [0.5, 0.6) is 0 Å². The zero-order valence-electron chi connectivity index (χ0n) is 10.2. The third-order valence-electron chi connectivity index (χ3n) is 2.64. The number of hydrogen-bond donors (Lipinski definition) is 2. The first-order valence-electron chi connectivity index (χ1n) is 5.83. The Kier molecular flexibility index (Phi) is 5.51. The van der Waals surface area contributed by atoms with Crippen LogP contribution in [0.4, 0.5) is 8.78 Å². The van der Waals surface area contributed by atoms with E-state index in [-0.39, 0.29) is 12.0 Å². The summed E-state index contributed by atoms with van der Waals surface area (Å²) in [7, 11) is 0. The first kappa shape index (κ1) is 14.1. The summed E-state index contributed by atoms with van der Waals surface area (Å²) in [5.74, 6) is -0.904. The van der Waals surface area contributed by atoms with Gasteiger partial charge in [0, 0.05) is 12.6 Å². The number of rotatable bonds is 6. The van der Waals surface area contributed by atoms with E-state index in [1.54, 1.807) is 0 Å². The van der Waals surface area contributed by atoms with E-state index >= 15 is 0 Å². The number of nitrogens with one attached hydrogen (secondary N) is 1. The third kappa shape index (κ3) is 5.24. The fourth-order valence-electron chi connectivity index (χ4n) is 1.47. The monoisotopic (exact) mass is 243 g/mol. The van der Waals surface area contributed by atoms with Crippen LogP contribution < -0.4 is 5.32 Å². The van der Waals surface area contributed by atoms with Crippen molar-refractivity contribution in [3.8, 4) is 0 Å². The van der Waals surface area contributed by atoms with E-state index < -0.39 is 11.6 Å². The van der Waals surface area contributed by atoms with Crippen molar-refractivity contribution in [1.29, 1.82) is 0 Å². The van der Waals surface area contributed by atoms with Crippen LogP contribution in [-0.2, 0) is 6.42 Å². The van der Waals surface area contributed by atoms with Gasteiger partial charge in [-0.15, -0.1) is 0 Å². The molecule has 1 aromatic carbocycles. The lowest BCUT2D eigenvalue weighted by atomic mass is 10.1. The van der Waals surface area contributed by atoms with Gasteiger partial charge >= 0.3 is 0 Å². The third-order valence-corrected chi connectivity index (χ3v) is 2.64. The molecule has 0 saturated heterocycles.